The maximum atomic E-state index is 12.9. The number of aromatic hydroxyl groups is 1. The third-order valence-electron chi connectivity index (χ3n) is 6.04. The van der Waals surface area contributed by atoms with Crippen LogP contribution in [0.4, 0.5) is 0 Å². The Hall–Kier alpha value is -2.78. The molecule has 2 aromatic rings. The van der Waals surface area contributed by atoms with Gasteiger partial charge in [0.1, 0.15) is 11.5 Å². The Morgan fingerprint density at radius 2 is 1.94 bits per heavy atom. The summed E-state index contributed by atoms with van der Waals surface area (Å²) in [5, 5.41) is 14.9. The second-order valence-corrected chi connectivity index (χ2v) is 8.35. The third kappa shape index (κ3) is 5.16. The highest BCUT2D eigenvalue weighted by Gasteiger charge is 2.20. The summed E-state index contributed by atoms with van der Waals surface area (Å²) >= 11 is 0. The number of hydrogen-bond donors (Lipinski definition) is 1. The molecule has 0 saturated carbocycles. The van der Waals surface area contributed by atoms with Gasteiger partial charge in [0.15, 0.2) is 0 Å². The van der Waals surface area contributed by atoms with Gasteiger partial charge in [-0.25, -0.2) is 4.79 Å². The zero-order valence-electron chi connectivity index (χ0n) is 19.0. The van der Waals surface area contributed by atoms with Crippen molar-refractivity contribution in [2.75, 3.05) is 53.0 Å². The topological polar surface area (TPSA) is 84.5 Å². The largest absolute Gasteiger partial charge is 0.494 e. The van der Waals surface area contributed by atoms with E-state index in [9.17, 15) is 9.90 Å². The predicted octanol–water partition coefficient (Wildman–Crippen LogP) is 1.82. The summed E-state index contributed by atoms with van der Waals surface area (Å²) in [6.45, 7) is 8.87. The predicted molar refractivity (Wildman–Crippen MR) is 123 cm³/mol. The lowest BCUT2D eigenvalue weighted by Crippen LogP contribution is -2.44. The van der Waals surface area contributed by atoms with E-state index in [0.29, 0.717) is 26.2 Å². The van der Waals surface area contributed by atoms with Crippen LogP contribution in [-0.2, 0) is 6.54 Å². The highest BCUT2D eigenvalue weighted by atomic mass is 16.5. The molecule has 0 amide bonds. The number of rotatable bonds is 8. The molecule has 2 aliphatic heterocycles. The van der Waals surface area contributed by atoms with E-state index in [1.165, 1.54) is 15.4 Å². The van der Waals surface area contributed by atoms with Gasteiger partial charge in [0.2, 0.25) is 5.88 Å². The van der Waals surface area contributed by atoms with Crippen LogP contribution in [0.1, 0.15) is 31.7 Å². The molecule has 1 aromatic heterocycles. The van der Waals surface area contributed by atoms with Gasteiger partial charge >= 0.3 is 5.69 Å². The summed E-state index contributed by atoms with van der Waals surface area (Å²) < 4.78 is 13.9. The van der Waals surface area contributed by atoms with Crippen LogP contribution in [0.5, 0.6) is 17.4 Å². The van der Waals surface area contributed by atoms with Crippen molar-refractivity contribution in [2.45, 2.75) is 32.7 Å². The number of imidazole rings is 1. The van der Waals surface area contributed by atoms with E-state index in [1.54, 1.807) is 0 Å². The van der Waals surface area contributed by atoms with Crippen LogP contribution < -0.4 is 15.2 Å². The second kappa shape index (κ2) is 10.2. The molecule has 1 saturated heterocycles. The minimum atomic E-state index is -0.330. The minimum Gasteiger partial charge on any atom is -0.494 e. The third-order valence-corrected chi connectivity index (χ3v) is 6.04. The fourth-order valence-electron chi connectivity index (χ4n) is 4.16. The van der Waals surface area contributed by atoms with Crippen molar-refractivity contribution in [3.8, 4) is 17.4 Å². The Morgan fingerprint density at radius 1 is 1.16 bits per heavy atom. The van der Waals surface area contributed by atoms with Crippen LogP contribution in [0.3, 0.4) is 0 Å². The number of nitrogens with zero attached hydrogens (tertiary/aromatic N) is 5. The van der Waals surface area contributed by atoms with Crippen LogP contribution in [0, 0.1) is 0 Å². The monoisotopic (exact) mass is 443 g/mol. The zero-order valence-corrected chi connectivity index (χ0v) is 19.0. The molecule has 1 fully saturated rings. The van der Waals surface area contributed by atoms with Gasteiger partial charge in [-0.05, 0) is 51.6 Å². The van der Waals surface area contributed by atoms with Gasteiger partial charge in [-0.15, -0.1) is 0 Å². The van der Waals surface area contributed by atoms with Gasteiger partial charge in [-0.1, -0.05) is 0 Å². The molecule has 9 heteroatoms. The summed E-state index contributed by atoms with van der Waals surface area (Å²) in [7, 11) is 2.15. The van der Waals surface area contributed by atoms with E-state index >= 15 is 0 Å². The minimum absolute atomic E-state index is 0.0608. The van der Waals surface area contributed by atoms with Gasteiger partial charge in [0.25, 0.3) is 0 Å². The van der Waals surface area contributed by atoms with E-state index in [2.05, 4.69) is 21.9 Å². The zero-order chi connectivity index (χ0) is 22.5. The number of fused-ring (bicyclic) bond motifs is 1. The van der Waals surface area contributed by atoms with Crippen molar-refractivity contribution >= 4 is 5.71 Å². The fraction of sp³-hybridized carbons (Fsp3) is 0.565. The molecule has 0 spiro atoms. The van der Waals surface area contributed by atoms with E-state index in [0.717, 1.165) is 68.3 Å². The molecule has 1 N–H and O–H groups in total. The standard InChI is InChI=1S/C23H33N5O4/c1-3-31-18-6-7-21-19(16-18)20(8-15-32-21)24-28-17-22(29)27(23(28)30)10-5-4-9-26-13-11-25(2)12-14-26/h6-7,16-17,29H,3-5,8-15H2,1-2H3/b24-20+. The quantitative estimate of drug-likeness (QED) is 0.627. The average molecular weight is 444 g/mol. The number of likely N-dealkylation sites (N-methyl/N-ethyl adjacent to an activating group) is 1. The lowest BCUT2D eigenvalue weighted by atomic mass is 10.0. The number of ether oxygens (including phenoxy) is 2. The van der Waals surface area contributed by atoms with Gasteiger partial charge < -0.3 is 24.4 Å². The first-order valence-corrected chi connectivity index (χ1v) is 11.4. The highest BCUT2D eigenvalue weighted by Crippen LogP contribution is 2.29. The molecule has 1 aromatic carbocycles. The Labute approximate surface area is 188 Å². The fourth-order valence-corrected chi connectivity index (χ4v) is 4.16. The number of aromatic nitrogens is 2. The van der Waals surface area contributed by atoms with Crippen molar-refractivity contribution in [3.05, 3.63) is 40.4 Å². The Morgan fingerprint density at radius 3 is 2.72 bits per heavy atom. The summed E-state index contributed by atoms with van der Waals surface area (Å²) in [6, 6.07) is 5.61. The van der Waals surface area contributed by atoms with Crippen molar-refractivity contribution in [3.63, 3.8) is 0 Å². The van der Waals surface area contributed by atoms with E-state index < -0.39 is 0 Å². The molecule has 0 bridgehead atoms. The van der Waals surface area contributed by atoms with Crippen LogP contribution in [0.15, 0.2) is 34.3 Å². The Kier molecular flexibility index (Phi) is 7.16. The molecule has 3 heterocycles. The van der Waals surface area contributed by atoms with E-state index in [1.807, 2.05) is 25.1 Å². The SMILES string of the molecule is CCOc1ccc2c(c1)/C(=N/n1cc(O)n(CCCCN3CCN(C)CC3)c1=O)CCO2. The van der Waals surface area contributed by atoms with Crippen molar-refractivity contribution in [2.24, 2.45) is 5.10 Å². The molecule has 0 radical (unpaired) electrons. The smallest absolute Gasteiger partial charge is 0.351 e. The van der Waals surface area contributed by atoms with Crippen LogP contribution in [0.25, 0.3) is 0 Å². The van der Waals surface area contributed by atoms with Gasteiger partial charge in [-0.3, -0.25) is 4.57 Å². The van der Waals surface area contributed by atoms with E-state index in [-0.39, 0.29) is 11.6 Å². The molecule has 9 nitrogen and oxygen atoms in total. The summed E-state index contributed by atoms with van der Waals surface area (Å²) in [4.78, 5) is 17.7. The first-order chi connectivity index (χ1) is 15.5. The van der Waals surface area contributed by atoms with Gasteiger partial charge in [0, 0.05) is 44.7 Å². The van der Waals surface area contributed by atoms with Crippen molar-refractivity contribution < 1.29 is 14.6 Å². The van der Waals surface area contributed by atoms with Gasteiger partial charge in [0.05, 0.1) is 25.1 Å². The number of benzene rings is 1. The Balaban J connectivity index is 1.43. The number of hydrogen-bond acceptors (Lipinski definition) is 7. The molecular formula is C23H33N5O4. The second-order valence-electron chi connectivity index (χ2n) is 8.35. The highest BCUT2D eigenvalue weighted by molar-refractivity contribution is 6.04. The lowest BCUT2D eigenvalue weighted by molar-refractivity contribution is 0.151. The van der Waals surface area contributed by atoms with Crippen LogP contribution >= 0.6 is 0 Å². The molecule has 32 heavy (non-hydrogen) atoms. The van der Waals surface area contributed by atoms with Gasteiger partial charge in [-0.2, -0.15) is 9.78 Å². The summed E-state index contributed by atoms with van der Waals surface area (Å²) in [5.74, 6) is 1.39. The molecule has 2 aliphatic rings. The molecular weight excluding hydrogens is 410 g/mol. The average Bonchev–Trinajstić information content (AvgIpc) is 3.05. The van der Waals surface area contributed by atoms with Crippen LogP contribution in [0.2, 0.25) is 0 Å². The molecule has 0 aliphatic carbocycles. The summed E-state index contributed by atoms with van der Waals surface area (Å²) in [5.41, 5.74) is 1.22. The normalized spacial score (nSPS) is 18.5. The van der Waals surface area contributed by atoms with Crippen LogP contribution in [-0.4, -0.2) is 82.8 Å². The number of unbranched alkanes of at least 4 members (excludes halogenated alkanes) is 1. The lowest BCUT2D eigenvalue weighted by Gasteiger charge is -2.32. The van der Waals surface area contributed by atoms with Crippen molar-refractivity contribution in [1.82, 2.24) is 19.0 Å². The maximum absolute atomic E-state index is 12.9. The summed E-state index contributed by atoms with van der Waals surface area (Å²) in [6.07, 6.45) is 3.78. The number of piperazine rings is 1. The van der Waals surface area contributed by atoms with E-state index in [4.69, 9.17) is 9.47 Å². The first-order valence-electron chi connectivity index (χ1n) is 11.4. The Bertz CT molecular complexity index is 1000. The first kappa shape index (κ1) is 22.4. The molecule has 4 rings (SSSR count). The molecule has 0 atom stereocenters. The maximum Gasteiger partial charge on any atom is 0.351 e. The molecule has 174 valence electrons. The molecule has 0 unspecified atom stereocenters. The van der Waals surface area contributed by atoms with Crippen molar-refractivity contribution in [1.29, 1.82) is 0 Å².